The maximum atomic E-state index is 12.6. The van der Waals surface area contributed by atoms with Gasteiger partial charge in [-0.2, -0.15) is 0 Å². The minimum absolute atomic E-state index is 0.185. The summed E-state index contributed by atoms with van der Waals surface area (Å²) in [5.74, 6) is 0.994. The van der Waals surface area contributed by atoms with Crippen LogP contribution in [0, 0.1) is 10.5 Å². The Balaban J connectivity index is 1.75. The van der Waals surface area contributed by atoms with Crippen LogP contribution in [0.5, 0.6) is 11.5 Å². The van der Waals surface area contributed by atoms with Gasteiger partial charge in [0.25, 0.3) is 5.91 Å². The first-order valence-corrected chi connectivity index (χ1v) is 10.2. The number of aryl methyl sites for hydroxylation is 1. The smallest absolute Gasteiger partial charge is 0.255 e. The maximum Gasteiger partial charge on any atom is 0.255 e. The number of benzene rings is 3. The SMILES string of the molecule is CCOc1cc(C(=O)Nc2ccccc2I)ccc1OCc1ccc(C)cc1. The summed E-state index contributed by atoms with van der Waals surface area (Å²) < 4.78 is 12.6. The van der Waals surface area contributed by atoms with Gasteiger partial charge >= 0.3 is 0 Å². The van der Waals surface area contributed by atoms with Gasteiger partial charge in [-0.05, 0) is 72.3 Å². The van der Waals surface area contributed by atoms with Crippen LogP contribution >= 0.6 is 22.6 Å². The Morgan fingerprint density at radius 3 is 2.43 bits per heavy atom. The number of carbonyl (C=O) groups excluding carboxylic acids is 1. The second-order valence-corrected chi connectivity index (χ2v) is 7.46. The number of carbonyl (C=O) groups is 1. The Kier molecular flexibility index (Phi) is 6.92. The van der Waals surface area contributed by atoms with E-state index in [1.165, 1.54) is 5.56 Å². The number of para-hydroxylation sites is 1. The van der Waals surface area contributed by atoms with Crippen LogP contribution in [0.15, 0.2) is 66.7 Å². The van der Waals surface area contributed by atoms with Gasteiger partial charge in [0.1, 0.15) is 6.61 Å². The fraction of sp³-hybridized carbons (Fsp3) is 0.174. The standard InChI is InChI=1S/C23H22INO3/c1-3-27-22-14-18(23(26)25-20-7-5-4-6-19(20)24)12-13-21(22)28-15-17-10-8-16(2)9-11-17/h4-14H,3,15H2,1-2H3,(H,25,26). The summed E-state index contributed by atoms with van der Waals surface area (Å²) >= 11 is 2.20. The Morgan fingerprint density at radius 2 is 1.71 bits per heavy atom. The highest BCUT2D eigenvalue weighted by molar-refractivity contribution is 14.1. The summed E-state index contributed by atoms with van der Waals surface area (Å²) in [5, 5.41) is 2.94. The number of anilines is 1. The molecule has 5 heteroatoms. The molecule has 0 atom stereocenters. The Hall–Kier alpha value is -2.54. The van der Waals surface area contributed by atoms with Gasteiger partial charge in [0.2, 0.25) is 0 Å². The molecule has 0 fully saturated rings. The molecule has 3 rings (SSSR count). The molecule has 0 unspecified atom stereocenters. The van der Waals surface area contributed by atoms with Gasteiger partial charge in [0.15, 0.2) is 11.5 Å². The summed E-state index contributed by atoms with van der Waals surface area (Å²) in [7, 11) is 0. The van der Waals surface area contributed by atoms with Gasteiger partial charge in [-0.3, -0.25) is 4.79 Å². The second kappa shape index (κ2) is 9.59. The summed E-state index contributed by atoms with van der Waals surface area (Å²) in [6, 6.07) is 21.1. The quantitative estimate of drug-likeness (QED) is 0.427. The number of hydrogen-bond donors (Lipinski definition) is 1. The predicted molar refractivity (Wildman–Crippen MR) is 120 cm³/mol. The van der Waals surface area contributed by atoms with Crippen LogP contribution < -0.4 is 14.8 Å². The van der Waals surface area contributed by atoms with Crippen molar-refractivity contribution in [2.75, 3.05) is 11.9 Å². The first kappa shape index (κ1) is 20.2. The molecule has 4 nitrogen and oxygen atoms in total. The maximum absolute atomic E-state index is 12.6. The summed E-state index contributed by atoms with van der Waals surface area (Å²) in [5.41, 5.74) is 3.59. The van der Waals surface area contributed by atoms with Crippen molar-refractivity contribution >= 4 is 34.2 Å². The number of hydrogen-bond acceptors (Lipinski definition) is 3. The lowest BCUT2D eigenvalue weighted by Gasteiger charge is -2.14. The molecule has 0 saturated heterocycles. The lowest BCUT2D eigenvalue weighted by atomic mass is 10.1. The van der Waals surface area contributed by atoms with E-state index in [-0.39, 0.29) is 5.91 Å². The first-order chi connectivity index (χ1) is 13.6. The average molecular weight is 487 g/mol. The zero-order chi connectivity index (χ0) is 19.9. The predicted octanol–water partition coefficient (Wildman–Crippen LogP) is 5.83. The third kappa shape index (κ3) is 5.25. The number of amides is 1. The van der Waals surface area contributed by atoms with Gasteiger partial charge in [-0.1, -0.05) is 42.0 Å². The van der Waals surface area contributed by atoms with Crippen molar-refractivity contribution in [2.24, 2.45) is 0 Å². The fourth-order valence-corrected chi connectivity index (χ4v) is 3.16. The Labute approximate surface area is 179 Å². The monoisotopic (exact) mass is 487 g/mol. The highest BCUT2D eigenvalue weighted by atomic mass is 127. The molecule has 0 spiro atoms. The van der Waals surface area contributed by atoms with Gasteiger partial charge < -0.3 is 14.8 Å². The third-order valence-corrected chi connectivity index (χ3v) is 5.08. The zero-order valence-electron chi connectivity index (χ0n) is 15.9. The molecule has 28 heavy (non-hydrogen) atoms. The van der Waals surface area contributed by atoms with Crippen molar-refractivity contribution in [3.05, 3.63) is 87.0 Å². The second-order valence-electron chi connectivity index (χ2n) is 6.30. The highest BCUT2D eigenvalue weighted by Crippen LogP contribution is 2.30. The van der Waals surface area contributed by atoms with E-state index in [2.05, 4.69) is 47.0 Å². The van der Waals surface area contributed by atoms with Crippen LogP contribution in [0.1, 0.15) is 28.4 Å². The number of halogens is 1. The van der Waals surface area contributed by atoms with Crippen LogP contribution in [0.3, 0.4) is 0 Å². The molecule has 0 aromatic heterocycles. The molecule has 0 heterocycles. The number of ether oxygens (including phenoxy) is 2. The lowest BCUT2D eigenvalue weighted by Crippen LogP contribution is -2.13. The van der Waals surface area contributed by atoms with Gasteiger partial charge in [-0.15, -0.1) is 0 Å². The van der Waals surface area contributed by atoms with Crippen LogP contribution in [0.4, 0.5) is 5.69 Å². The van der Waals surface area contributed by atoms with E-state index in [1.807, 2.05) is 43.3 Å². The molecule has 1 N–H and O–H groups in total. The zero-order valence-corrected chi connectivity index (χ0v) is 18.0. The summed E-state index contributed by atoms with van der Waals surface area (Å²) in [6.45, 7) is 4.89. The summed E-state index contributed by atoms with van der Waals surface area (Å²) in [6.07, 6.45) is 0. The van der Waals surface area contributed by atoms with E-state index in [1.54, 1.807) is 18.2 Å². The van der Waals surface area contributed by atoms with Crippen molar-refractivity contribution in [2.45, 2.75) is 20.5 Å². The lowest BCUT2D eigenvalue weighted by molar-refractivity contribution is 0.102. The van der Waals surface area contributed by atoms with E-state index in [4.69, 9.17) is 9.47 Å². The molecule has 144 valence electrons. The van der Waals surface area contributed by atoms with Crippen LogP contribution in [-0.4, -0.2) is 12.5 Å². The molecular formula is C23H22INO3. The van der Waals surface area contributed by atoms with E-state index in [0.29, 0.717) is 30.3 Å². The van der Waals surface area contributed by atoms with Crippen molar-refractivity contribution in [1.82, 2.24) is 0 Å². The van der Waals surface area contributed by atoms with Crippen molar-refractivity contribution in [3.63, 3.8) is 0 Å². The van der Waals surface area contributed by atoms with E-state index < -0.39 is 0 Å². The minimum atomic E-state index is -0.185. The normalized spacial score (nSPS) is 10.4. The molecule has 0 aliphatic rings. The first-order valence-electron chi connectivity index (χ1n) is 9.08. The van der Waals surface area contributed by atoms with Gasteiger partial charge in [0, 0.05) is 9.13 Å². The summed E-state index contributed by atoms with van der Waals surface area (Å²) in [4.78, 5) is 12.6. The molecule has 0 radical (unpaired) electrons. The average Bonchev–Trinajstić information content (AvgIpc) is 2.70. The molecular weight excluding hydrogens is 465 g/mol. The molecule has 0 aliphatic carbocycles. The van der Waals surface area contributed by atoms with Crippen LogP contribution in [0.25, 0.3) is 0 Å². The van der Waals surface area contributed by atoms with Gasteiger partial charge in [0.05, 0.1) is 12.3 Å². The Morgan fingerprint density at radius 1 is 0.964 bits per heavy atom. The molecule has 3 aromatic rings. The van der Waals surface area contributed by atoms with Crippen molar-refractivity contribution in [1.29, 1.82) is 0 Å². The minimum Gasteiger partial charge on any atom is -0.490 e. The molecule has 0 bridgehead atoms. The van der Waals surface area contributed by atoms with Crippen LogP contribution in [0.2, 0.25) is 0 Å². The van der Waals surface area contributed by atoms with Crippen molar-refractivity contribution in [3.8, 4) is 11.5 Å². The Bertz CT molecular complexity index is 954. The van der Waals surface area contributed by atoms with E-state index >= 15 is 0 Å². The fourth-order valence-electron chi connectivity index (χ4n) is 2.64. The largest absolute Gasteiger partial charge is 0.490 e. The highest BCUT2D eigenvalue weighted by Gasteiger charge is 2.13. The third-order valence-electron chi connectivity index (χ3n) is 4.14. The topological polar surface area (TPSA) is 47.6 Å². The number of nitrogens with one attached hydrogen (secondary N) is 1. The molecule has 3 aromatic carbocycles. The molecule has 1 amide bonds. The molecule has 0 aliphatic heterocycles. The van der Waals surface area contributed by atoms with Crippen molar-refractivity contribution < 1.29 is 14.3 Å². The number of rotatable bonds is 7. The molecule has 0 saturated carbocycles. The van der Waals surface area contributed by atoms with E-state index in [9.17, 15) is 4.79 Å². The van der Waals surface area contributed by atoms with Crippen LogP contribution in [-0.2, 0) is 6.61 Å². The van der Waals surface area contributed by atoms with E-state index in [0.717, 1.165) is 14.8 Å². The van der Waals surface area contributed by atoms with Gasteiger partial charge in [-0.25, -0.2) is 0 Å².